The molecular weight excluding hydrogens is 374 g/mol. The van der Waals surface area contributed by atoms with E-state index in [9.17, 15) is 4.79 Å². The van der Waals surface area contributed by atoms with Gasteiger partial charge in [0.1, 0.15) is 0 Å². The first-order valence-electron chi connectivity index (χ1n) is 5.56. The van der Waals surface area contributed by atoms with Gasteiger partial charge in [0, 0.05) is 21.7 Å². The van der Waals surface area contributed by atoms with Crippen LogP contribution >= 0.6 is 15.9 Å². The number of rotatable bonds is 4. The van der Waals surface area contributed by atoms with Crippen LogP contribution in [0, 0.1) is 0 Å². The minimum atomic E-state index is -0.0205. The van der Waals surface area contributed by atoms with Crippen molar-refractivity contribution >= 4 is 21.7 Å². The SMILES string of the molecule is O=C(C[n+]1cccc(CO)c1)c1ccc(Br)cc1.[Br-]. The Hall–Kier alpha value is -1.04. The summed E-state index contributed by atoms with van der Waals surface area (Å²) in [6, 6.07) is 10.9. The predicted octanol–water partition coefficient (Wildman–Crippen LogP) is -0.884. The van der Waals surface area contributed by atoms with Crippen molar-refractivity contribution in [2.24, 2.45) is 0 Å². The van der Waals surface area contributed by atoms with E-state index in [1.807, 2.05) is 30.5 Å². The molecule has 0 fully saturated rings. The van der Waals surface area contributed by atoms with E-state index < -0.39 is 0 Å². The Bertz CT molecular complexity index is 556. The Labute approximate surface area is 130 Å². The third-order valence-electron chi connectivity index (χ3n) is 2.59. The highest BCUT2D eigenvalue weighted by atomic mass is 79.9. The molecule has 2 rings (SSSR count). The maximum Gasteiger partial charge on any atom is 0.227 e. The number of aliphatic hydroxyl groups excluding tert-OH is 1. The first-order valence-corrected chi connectivity index (χ1v) is 6.36. The van der Waals surface area contributed by atoms with E-state index in [0.717, 1.165) is 10.0 Å². The lowest BCUT2D eigenvalue weighted by Crippen LogP contribution is -3.00. The number of hydrogen-bond acceptors (Lipinski definition) is 2. The van der Waals surface area contributed by atoms with E-state index in [1.54, 1.807) is 22.9 Å². The van der Waals surface area contributed by atoms with Crippen LogP contribution in [-0.2, 0) is 13.2 Å². The molecule has 0 unspecified atom stereocenters. The van der Waals surface area contributed by atoms with Crippen molar-refractivity contribution in [1.82, 2.24) is 0 Å². The zero-order valence-electron chi connectivity index (χ0n) is 10.1. The second-order valence-corrected chi connectivity index (χ2v) is 4.89. The maximum absolute atomic E-state index is 12.0. The van der Waals surface area contributed by atoms with Crippen LogP contribution in [0.2, 0.25) is 0 Å². The molecule has 3 nitrogen and oxygen atoms in total. The van der Waals surface area contributed by atoms with Gasteiger partial charge in [0.25, 0.3) is 0 Å². The molecule has 0 aliphatic heterocycles. The summed E-state index contributed by atoms with van der Waals surface area (Å²) < 4.78 is 2.73. The van der Waals surface area contributed by atoms with Crippen LogP contribution in [0.1, 0.15) is 15.9 Å². The van der Waals surface area contributed by atoms with Crippen molar-refractivity contribution < 1.29 is 31.4 Å². The van der Waals surface area contributed by atoms with Crippen molar-refractivity contribution in [1.29, 1.82) is 0 Å². The number of ketones is 1. The highest BCUT2D eigenvalue weighted by Crippen LogP contribution is 2.10. The van der Waals surface area contributed by atoms with Crippen LogP contribution in [0.25, 0.3) is 0 Å². The number of carbonyl (C=O) groups excluding carboxylic acids is 1. The average molecular weight is 387 g/mol. The Morgan fingerprint density at radius 2 is 1.89 bits per heavy atom. The molecule has 0 amide bonds. The minimum absolute atomic E-state index is 0. The van der Waals surface area contributed by atoms with Crippen molar-refractivity contribution in [2.45, 2.75) is 13.2 Å². The topological polar surface area (TPSA) is 41.2 Å². The van der Waals surface area contributed by atoms with E-state index in [-0.39, 0.29) is 35.9 Å². The van der Waals surface area contributed by atoms with Crippen LogP contribution in [0.4, 0.5) is 0 Å². The van der Waals surface area contributed by atoms with E-state index in [0.29, 0.717) is 5.56 Å². The maximum atomic E-state index is 12.0. The lowest BCUT2D eigenvalue weighted by molar-refractivity contribution is -0.683. The molecule has 0 saturated heterocycles. The molecule has 0 radical (unpaired) electrons. The van der Waals surface area contributed by atoms with Crippen molar-refractivity contribution in [3.8, 4) is 0 Å². The molecule has 0 bridgehead atoms. The van der Waals surface area contributed by atoms with Gasteiger partial charge >= 0.3 is 0 Å². The van der Waals surface area contributed by atoms with Gasteiger partial charge < -0.3 is 22.1 Å². The van der Waals surface area contributed by atoms with E-state index in [4.69, 9.17) is 5.11 Å². The number of aromatic nitrogens is 1. The largest absolute Gasteiger partial charge is 1.00 e. The number of aliphatic hydroxyl groups is 1. The number of hydrogen-bond donors (Lipinski definition) is 1. The normalized spacial score (nSPS) is 9.79. The first kappa shape index (κ1) is 16.0. The Balaban J connectivity index is 0.00000180. The first-order chi connectivity index (χ1) is 8.69. The number of halogens is 2. The van der Waals surface area contributed by atoms with Crippen molar-refractivity contribution in [3.63, 3.8) is 0 Å². The molecule has 1 aromatic heterocycles. The van der Waals surface area contributed by atoms with E-state index in [1.165, 1.54) is 0 Å². The summed E-state index contributed by atoms with van der Waals surface area (Å²) in [6.07, 6.45) is 3.59. The Kier molecular flexibility index (Phi) is 6.34. The van der Waals surface area contributed by atoms with Gasteiger partial charge in [-0.2, -0.15) is 4.57 Å². The number of Topliss-reactive ketones (excluding diaryl/α,β-unsaturated/α-hetero) is 1. The molecule has 1 heterocycles. The smallest absolute Gasteiger partial charge is 0.227 e. The summed E-state index contributed by atoms with van der Waals surface area (Å²) in [5.41, 5.74) is 1.47. The molecule has 0 atom stereocenters. The highest BCUT2D eigenvalue weighted by molar-refractivity contribution is 9.10. The van der Waals surface area contributed by atoms with E-state index >= 15 is 0 Å². The van der Waals surface area contributed by atoms with Gasteiger partial charge in [-0.1, -0.05) is 28.1 Å². The summed E-state index contributed by atoms with van der Waals surface area (Å²) in [5, 5.41) is 9.04. The van der Waals surface area contributed by atoms with Crippen molar-refractivity contribution in [2.75, 3.05) is 0 Å². The fourth-order valence-electron chi connectivity index (χ4n) is 1.66. The van der Waals surface area contributed by atoms with Crippen LogP contribution in [0.3, 0.4) is 0 Å². The molecule has 1 aromatic carbocycles. The number of nitrogens with zero attached hydrogens (tertiary/aromatic N) is 1. The van der Waals surface area contributed by atoms with Gasteiger partial charge in [0.15, 0.2) is 12.4 Å². The summed E-state index contributed by atoms with van der Waals surface area (Å²) in [4.78, 5) is 12.0. The number of carbonyl (C=O) groups is 1. The molecule has 5 heteroatoms. The molecule has 0 aliphatic rings. The van der Waals surface area contributed by atoms with Gasteiger partial charge in [0.2, 0.25) is 12.3 Å². The second-order valence-electron chi connectivity index (χ2n) is 3.97. The Morgan fingerprint density at radius 3 is 2.53 bits per heavy atom. The van der Waals surface area contributed by atoms with Crippen LogP contribution in [-0.4, -0.2) is 10.9 Å². The monoisotopic (exact) mass is 385 g/mol. The quantitative estimate of drug-likeness (QED) is 0.547. The minimum Gasteiger partial charge on any atom is -1.00 e. The molecule has 100 valence electrons. The number of pyridine rings is 1. The van der Waals surface area contributed by atoms with Crippen LogP contribution in [0.5, 0.6) is 0 Å². The van der Waals surface area contributed by atoms with Gasteiger partial charge in [-0.25, -0.2) is 0 Å². The molecule has 19 heavy (non-hydrogen) atoms. The molecular formula is C14H13Br2NO2. The fourth-order valence-corrected chi connectivity index (χ4v) is 1.93. The van der Waals surface area contributed by atoms with Gasteiger partial charge in [0.05, 0.1) is 6.61 Å². The molecule has 0 saturated carbocycles. The van der Waals surface area contributed by atoms with Gasteiger partial charge in [-0.15, -0.1) is 0 Å². The predicted molar refractivity (Wildman–Crippen MR) is 71.0 cm³/mol. The highest BCUT2D eigenvalue weighted by Gasteiger charge is 2.12. The zero-order valence-corrected chi connectivity index (χ0v) is 13.3. The fraction of sp³-hybridized carbons (Fsp3) is 0.143. The molecule has 0 aliphatic carbocycles. The zero-order chi connectivity index (χ0) is 13.0. The summed E-state index contributed by atoms with van der Waals surface area (Å²) >= 11 is 3.34. The standard InChI is InChI=1S/C14H13BrNO2.BrH/c15-13-5-3-12(4-6-13)14(18)9-16-7-1-2-11(8-16)10-17;/h1-8,17H,9-10H2;1H/q+1;/p-1. The number of benzene rings is 1. The third kappa shape index (κ3) is 4.53. The molecule has 1 N–H and O–H groups in total. The lowest BCUT2D eigenvalue weighted by Gasteiger charge is -2.00. The van der Waals surface area contributed by atoms with Crippen molar-refractivity contribution in [3.05, 3.63) is 64.4 Å². The van der Waals surface area contributed by atoms with Crippen LogP contribution < -0.4 is 21.5 Å². The summed E-state index contributed by atoms with van der Waals surface area (Å²) in [6.45, 7) is 0.253. The van der Waals surface area contributed by atoms with Gasteiger partial charge in [-0.05, 0) is 18.2 Å². The summed E-state index contributed by atoms with van der Waals surface area (Å²) in [7, 11) is 0. The average Bonchev–Trinajstić information content (AvgIpc) is 2.39. The third-order valence-corrected chi connectivity index (χ3v) is 3.12. The molecule has 0 spiro atoms. The summed E-state index contributed by atoms with van der Waals surface area (Å²) in [5.74, 6) is 0.0441. The Morgan fingerprint density at radius 1 is 1.21 bits per heavy atom. The van der Waals surface area contributed by atoms with E-state index in [2.05, 4.69) is 15.9 Å². The lowest BCUT2D eigenvalue weighted by atomic mass is 10.1. The van der Waals surface area contributed by atoms with Crippen LogP contribution in [0.15, 0.2) is 53.3 Å². The molecule has 2 aromatic rings. The van der Waals surface area contributed by atoms with Gasteiger partial charge in [-0.3, -0.25) is 4.79 Å². The second kappa shape index (κ2) is 7.53.